The Labute approximate surface area is 145 Å². The van der Waals surface area contributed by atoms with E-state index in [1.54, 1.807) is 6.26 Å². The summed E-state index contributed by atoms with van der Waals surface area (Å²) < 4.78 is 6.51. The van der Waals surface area contributed by atoms with Crippen molar-refractivity contribution in [3.63, 3.8) is 0 Å². The quantitative estimate of drug-likeness (QED) is 0.857. The molecule has 1 saturated heterocycles. The number of rotatable bonds is 5. The molecule has 2 aromatic rings. The number of nitrogens with one attached hydrogen (secondary N) is 1. The molecule has 0 aliphatic carbocycles. The smallest absolute Gasteiger partial charge is 0.251 e. The molecule has 0 bridgehead atoms. The van der Waals surface area contributed by atoms with Gasteiger partial charge in [0.05, 0.1) is 12.3 Å². The Kier molecular flexibility index (Phi) is 5.51. The molecule has 5 heteroatoms. The number of piperidine rings is 1. The molecule has 122 valence electrons. The number of hydrogen-bond donors (Lipinski definition) is 1. The lowest BCUT2D eigenvalue weighted by Gasteiger charge is -2.33. The second-order valence-corrected chi connectivity index (χ2v) is 6.76. The molecule has 1 atom stereocenters. The van der Waals surface area contributed by atoms with Gasteiger partial charge in [-0.2, -0.15) is 0 Å². The summed E-state index contributed by atoms with van der Waals surface area (Å²) in [4.78, 5) is 14.8. The van der Waals surface area contributed by atoms with Gasteiger partial charge in [0, 0.05) is 16.6 Å². The van der Waals surface area contributed by atoms with Crippen LogP contribution in [0.4, 0.5) is 0 Å². The number of furan rings is 1. The molecular weight excluding hydrogens is 356 g/mol. The van der Waals surface area contributed by atoms with Crippen LogP contribution in [-0.4, -0.2) is 30.4 Å². The maximum atomic E-state index is 12.4. The van der Waals surface area contributed by atoms with Crippen molar-refractivity contribution < 1.29 is 9.21 Å². The molecule has 1 aliphatic heterocycles. The first-order valence-electron chi connectivity index (χ1n) is 8.05. The number of likely N-dealkylation sites (tertiary alicyclic amines) is 1. The minimum absolute atomic E-state index is 0.0557. The van der Waals surface area contributed by atoms with Gasteiger partial charge in [0.1, 0.15) is 5.76 Å². The number of nitrogens with zero attached hydrogens (tertiary/aromatic N) is 1. The van der Waals surface area contributed by atoms with Gasteiger partial charge in [0.15, 0.2) is 0 Å². The maximum Gasteiger partial charge on any atom is 0.251 e. The molecule has 1 amide bonds. The Balaban J connectivity index is 1.67. The SMILES string of the molecule is O=C(NCC(c1ccco1)N1CCCCC1)c1cccc(Br)c1. The predicted molar refractivity (Wildman–Crippen MR) is 93.3 cm³/mol. The summed E-state index contributed by atoms with van der Waals surface area (Å²) in [5.74, 6) is 0.862. The Bertz CT molecular complexity index is 636. The van der Waals surface area contributed by atoms with Crippen LogP contribution in [-0.2, 0) is 0 Å². The summed E-state index contributed by atoms with van der Waals surface area (Å²) in [6.45, 7) is 2.66. The van der Waals surface area contributed by atoms with E-state index in [9.17, 15) is 4.79 Å². The lowest BCUT2D eigenvalue weighted by molar-refractivity contribution is 0.0914. The molecule has 1 unspecified atom stereocenters. The maximum absolute atomic E-state index is 12.4. The molecule has 1 aromatic heterocycles. The summed E-state index contributed by atoms with van der Waals surface area (Å²) in [7, 11) is 0. The normalized spacial score (nSPS) is 16.9. The minimum atomic E-state index is -0.0557. The number of amides is 1. The number of halogens is 1. The van der Waals surface area contributed by atoms with E-state index in [1.165, 1.54) is 19.3 Å². The van der Waals surface area contributed by atoms with Crippen LogP contribution in [0.2, 0.25) is 0 Å². The van der Waals surface area contributed by atoms with Gasteiger partial charge < -0.3 is 9.73 Å². The zero-order valence-corrected chi connectivity index (χ0v) is 14.6. The van der Waals surface area contributed by atoms with E-state index in [0.29, 0.717) is 12.1 Å². The zero-order valence-electron chi connectivity index (χ0n) is 13.0. The van der Waals surface area contributed by atoms with Crippen molar-refractivity contribution in [2.45, 2.75) is 25.3 Å². The van der Waals surface area contributed by atoms with Crippen LogP contribution in [0.1, 0.15) is 41.4 Å². The highest BCUT2D eigenvalue weighted by Gasteiger charge is 2.25. The third-order valence-electron chi connectivity index (χ3n) is 4.25. The van der Waals surface area contributed by atoms with Crippen LogP contribution in [0.3, 0.4) is 0 Å². The highest BCUT2D eigenvalue weighted by atomic mass is 79.9. The Morgan fingerprint density at radius 3 is 2.74 bits per heavy atom. The number of carbonyl (C=O) groups excluding carboxylic acids is 1. The summed E-state index contributed by atoms with van der Waals surface area (Å²) in [5.41, 5.74) is 0.663. The van der Waals surface area contributed by atoms with E-state index in [2.05, 4.69) is 26.1 Å². The van der Waals surface area contributed by atoms with E-state index >= 15 is 0 Å². The van der Waals surface area contributed by atoms with Gasteiger partial charge in [-0.3, -0.25) is 9.69 Å². The average Bonchev–Trinajstić information content (AvgIpc) is 3.10. The number of benzene rings is 1. The van der Waals surface area contributed by atoms with E-state index in [1.807, 2.05) is 36.4 Å². The molecule has 0 saturated carbocycles. The largest absolute Gasteiger partial charge is 0.468 e. The summed E-state index contributed by atoms with van der Waals surface area (Å²) in [6, 6.07) is 11.4. The molecule has 1 aliphatic rings. The van der Waals surface area contributed by atoms with E-state index in [4.69, 9.17) is 4.42 Å². The Hall–Kier alpha value is -1.59. The van der Waals surface area contributed by atoms with Crippen LogP contribution >= 0.6 is 15.9 Å². The molecule has 23 heavy (non-hydrogen) atoms. The highest BCUT2D eigenvalue weighted by molar-refractivity contribution is 9.10. The molecular formula is C18H21BrN2O2. The van der Waals surface area contributed by atoms with E-state index in [0.717, 1.165) is 23.3 Å². The molecule has 1 aromatic carbocycles. The lowest BCUT2D eigenvalue weighted by Crippen LogP contribution is -2.40. The molecule has 1 fully saturated rings. The third kappa shape index (κ3) is 4.24. The fraction of sp³-hybridized carbons (Fsp3) is 0.389. The van der Waals surface area contributed by atoms with Crippen molar-refractivity contribution in [1.29, 1.82) is 0 Å². The molecule has 0 radical (unpaired) electrons. The number of hydrogen-bond acceptors (Lipinski definition) is 3. The lowest BCUT2D eigenvalue weighted by atomic mass is 10.1. The van der Waals surface area contributed by atoms with Gasteiger partial charge >= 0.3 is 0 Å². The van der Waals surface area contributed by atoms with Gasteiger partial charge in [0.2, 0.25) is 0 Å². The van der Waals surface area contributed by atoms with Crippen LogP contribution in [0.5, 0.6) is 0 Å². The fourth-order valence-corrected chi connectivity index (χ4v) is 3.44. The minimum Gasteiger partial charge on any atom is -0.468 e. The van der Waals surface area contributed by atoms with E-state index in [-0.39, 0.29) is 11.9 Å². The summed E-state index contributed by atoms with van der Waals surface area (Å²) in [5, 5.41) is 3.05. The first-order chi connectivity index (χ1) is 11.2. The molecule has 3 rings (SSSR count). The van der Waals surface area contributed by atoms with Gasteiger partial charge in [-0.1, -0.05) is 28.4 Å². The van der Waals surface area contributed by atoms with Crippen molar-refractivity contribution in [2.75, 3.05) is 19.6 Å². The van der Waals surface area contributed by atoms with Crippen LogP contribution < -0.4 is 5.32 Å². The first-order valence-corrected chi connectivity index (χ1v) is 8.84. The van der Waals surface area contributed by atoms with Crippen molar-refractivity contribution in [1.82, 2.24) is 10.2 Å². The highest BCUT2D eigenvalue weighted by Crippen LogP contribution is 2.24. The molecule has 2 heterocycles. The number of carbonyl (C=O) groups is 1. The van der Waals surface area contributed by atoms with Crippen LogP contribution in [0.25, 0.3) is 0 Å². The van der Waals surface area contributed by atoms with Crippen LogP contribution in [0.15, 0.2) is 51.6 Å². The van der Waals surface area contributed by atoms with Crippen molar-refractivity contribution >= 4 is 21.8 Å². The van der Waals surface area contributed by atoms with Gasteiger partial charge in [0.25, 0.3) is 5.91 Å². The molecule has 0 spiro atoms. The second kappa shape index (κ2) is 7.79. The first kappa shape index (κ1) is 16.3. The fourth-order valence-electron chi connectivity index (χ4n) is 3.04. The van der Waals surface area contributed by atoms with Gasteiger partial charge in [-0.15, -0.1) is 0 Å². The van der Waals surface area contributed by atoms with Gasteiger partial charge in [-0.05, 0) is 56.3 Å². The standard InChI is InChI=1S/C18H21BrN2O2/c19-15-7-4-6-14(12-15)18(22)20-13-16(17-8-5-11-23-17)21-9-2-1-3-10-21/h4-8,11-12,16H,1-3,9-10,13H2,(H,20,22). The monoisotopic (exact) mass is 376 g/mol. The topological polar surface area (TPSA) is 45.5 Å². The van der Waals surface area contributed by atoms with Crippen molar-refractivity contribution in [3.8, 4) is 0 Å². The third-order valence-corrected chi connectivity index (χ3v) is 4.74. The van der Waals surface area contributed by atoms with Crippen molar-refractivity contribution in [3.05, 3.63) is 58.5 Å². The van der Waals surface area contributed by atoms with Crippen LogP contribution in [0, 0.1) is 0 Å². The predicted octanol–water partition coefficient (Wildman–Crippen LogP) is 4.00. The average molecular weight is 377 g/mol. The zero-order chi connectivity index (χ0) is 16.1. The van der Waals surface area contributed by atoms with E-state index < -0.39 is 0 Å². The van der Waals surface area contributed by atoms with Crippen molar-refractivity contribution in [2.24, 2.45) is 0 Å². The molecule has 1 N–H and O–H groups in total. The summed E-state index contributed by atoms with van der Waals surface area (Å²) >= 11 is 3.40. The Morgan fingerprint density at radius 1 is 1.22 bits per heavy atom. The van der Waals surface area contributed by atoms with Gasteiger partial charge in [-0.25, -0.2) is 0 Å². The molecule has 4 nitrogen and oxygen atoms in total. The summed E-state index contributed by atoms with van der Waals surface area (Å²) in [6.07, 6.45) is 5.39. The second-order valence-electron chi connectivity index (χ2n) is 5.85. The Morgan fingerprint density at radius 2 is 2.04 bits per heavy atom.